The third-order valence-corrected chi connectivity index (χ3v) is 3.52. The lowest BCUT2D eigenvalue weighted by atomic mass is 10.2. The number of rotatable bonds is 6. The second kappa shape index (κ2) is 7.18. The molecule has 0 saturated carbocycles. The molecular formula is C15H18F3N3O3. The summed E-state index contributed by atoms with van der Waals surface area (Å²) in [5, 5.41) is 2.58. The Morgan fingerprint density at radius 2 is 2.00 bits per heavy atom. The molecule has 0 spiro atoms. The molecular weight excluding hydrogens is 327 g/mol. The van der Waals surface area contributed by atoms with Crippen molar-refractivity contribution in [2.45, 2.75) is 25.8 Å². The highest BCUT2D eigenvalue weighted by Gasteiger charge is 2.31. The number of aromatic nitrogens is 2. The van der Waals surface area contributed by atoms with Gasteiger partial charge in [0.2, 0.25) is 0 Å². The predicted molar refractivity (Wildman–Crippen MR) is 79.7 cm³/mol. The molecule has 0 aliphatic rings. The number of pyridine rings is 1. The number of aryl methyl sites for hydroxylation is 1. The lowest BCUT2D eigenvalue weighted by Crippen LogP contribution is -2.35. The van der Waals surface area contributed by atoms with Gasteiger partial charge in [0, 0.05) is 20.4 Å². The minimum atomic E-state index is -4.50. The fourth-order valence-corrected chi connectivity index (χ4v) is 2.27. The molecule has 9 heteroatoms. The molecule has 0 radical (unpaired) electrons. The number of fused-ring (bicyclic) bond motifs is 1. The van der Waals surface area contributed by atoms with Crippen LogP contribution in [0.2, 0.25) is 0 Å². The summed E-state index contributed by atoms with van der Waals surface area (Å²) in [4.78, 5) is 16.6. The largest absolute Gasteiger partial charge is 0.417 e. The first-order valence-corrected chi connectivity index (χ1v) is 7.23. The van der Waals surface area contributed by atoms with Crippen molar-refractivity contribution in [1.82, 2.24) is 14.7 Å². The Morgan fingerprint density at radius 1 is 1.33 bits per heavy atom. The summed E-state index contributed by atoms with van der Waals surface area (Å²) in [6, 6.07) is 2.18. The second-order valence-electron chi connectivity index (χ2n) is 5.02. The van der Waals surface area contributed by atoms with E-state index in [1.54, 1.807) is 6.92 Å². The van der Waals surface area contributed by atoms with Gasteiger partial charge < -0.3 is 14.8 Å². The Labute approximate surface area is 136 Å². The third-order valence-electron chi connectivity index (χ3n) is 3.52. The van der Waals surface area contributed by atoms with Crippen molar-refractivity contribution in [2.75, 3.05) is 20.8 Å². The van der Waals surface area contributed by atoms with Gasteiger partial charge in [0.15, 0.2) is 6.29 Å². The molecule has 0 fully saturated rings. The van der Waals surface area contributed by atoms with Crippen LogP contribution in [0.5, 0.6) is 0 Å². The van der Waals surface area contributed by atoms with E-state index in [1.165, 1.54) is 20.3 Å². The van der Waals surface area contributed by atoms with E-state index < -0.39 is 23.9 Å². The topological polar surface area (TPSA) is 64.9 Å². The van der Waals surface area contributed by atoms with Gasteiger partial charge in [0.1, 0.15) is 11.3 Å². The van der Waals surface area contributed by atoms with Crippen molar-refractivity contribution in [2.24, 2.45) is 0 Å². The van der Waals surface area contributed by atoms with Gasteiger partial charge in [-0.2, -0.15) is 13.2 Å². The summed E-state index contributed by atoms with van der Waals surface area (Å²) < 4.78 is 49.8. The second-order valence-corrected chi connectivity index (χ2v) is 5.02. The van der Waals surface area contributed by atoms with E-state index >= 15 is 0 Å². The summed E-state index contributed by atoms with van der Waals surface area (Å²) in [6.07, 6.45) is -3.87. The molecule has 24 heavy (non-hydrogen) atoms. The maximum Gasteiger partial charge on any atom is 0.417 e. The molecule has 0 aromatic carbocycles. The summed E-state index contributed by atoms with van der Waals surface area (Å²) in [7, 11) is 2.84. The summed E-state index contributed by atoms with van der Waals surface area (Å²) in [5.41, 5.74) is -0.0847. The van der Waals surface area contributed by atoms with Crippen LogP contribution in [-0.2, 0) is 22.1 Å². The maximum atomic E-state index is 12.9. The zero-order chi connectivity index (χ0) is 17.9. The van der Waals surface area contributed by atoms with Gasteiger partial charge in [-0.15, -0.1) is 0 Å². The number of nitrogens with zero attached hydrogens (tertiary/aromatic N) is 2. The number of carbonyl (C=O) groups excluding carboxylic acids is 1. The van der Waals surface area contributed by atoms with Crippen LogP contribution in [0.3, 0.4) is 0 Å². The molecule has 0 aliphatic carbocycles. The molecule has 0 unspecified atom stereocenters. The number of imidazole rings is 1. The molecule has 2 rings (SSSR count). The van der Waals surface area contributed by atoms with E-state index in [-0.39, 0.29) is 17.9 Å². The lowest BCUT2D eigenvalue weighted by molar-refractivity contribution is -0.137. The highest BCUT2D eigenvalue weighted by molar-refractivity contribution is 5.94. The molecule has 6 nitrogen and oxygen atoms in total. The average Bonchev–Trinajstić information content (AvgIpc) is 2.92. The van der Waals surface area contributed by atoms with Crippen LogP contribution in [0, 0.1) is 0 Å². The SMILES string of the molecule is CCc1nc2ccc(C(F)(F)F)cn2c1C(=O)NCC(OC)OC. The van der Waals surface area contributed by atoms with Crippen LogP contribution < -0.4 is 5.32 Å². The van der Waals surface area contributed by atoms with Crippen LogP contribution in [0.1, 0.15) is 28.7 Å². The summed E-state index contributed by atoms with van der Waals surface area (Å²) >= 11 is 0. The number of halogens is 3. The Balaban J connectivity index is 2.41. The number of methoxy groups -OCH3 is 2. The Morgan fingerprint density at radius 3 is 2.54 bits per heavy atom. The molecule has 132 valence electrons. The van der Waals surface area contributed by atoms with Gasteiger partial charge >= 0.3 is 6.18 Å². The molecule has 0 bridgehead atoms. The summed E-state index contributed by atoms with van der Waals surface area (Å²) in [6.45, 7) is 1.83. The number of nitrogens with one attached hydrogen (secondary N) is 1. The van der Waals surface area contributed by atoms with Gasteiger partial charge in [0.05, 0.1) is 17.8 Å². The highest BCUT2D eigenvalue weighted by atomic mass is 19.4. The first kappa shape index (κ1) is 18.2. The van der Waals surface area contributed by atoms with Crippen LogP contribution in [-0.4, -0.2) is 42.3 Å². The number of carbonyl (C=O) groups is 1. The Bertz CT molecular complexity index is 724. The molecule has 2 aromatic heterocycles. The zero-order valence-corrected chi connectivity index (χ0v) is 13.5. The van der Waals surface area contributed by atoms with Crippen LogP contribution in [0.25, 0.3) is 5.65 Å². The Hall–Kier alpha value is -2.13. The minimum absolute atomic E-state index is 0.0567. The Kier molecular flexibility index (Phi) is 5.45. The standard InChI is InChI=1S/C15H18F3N3O3/c1-4-10-13(14(22)19-7-12(23-2)24-3)21-8-9(15(16,17)18)5-6-11(21)20-10/h5-6,8,12H,4,7H2,1-3H3,(H,19,22). The van der Waals surface area contributed by atoms with Gasteiger partial charge in [-0.05, 0) is 18.6 Å². The number of ether oxygens (including phenoxy) is 2. The van der Waals surface area contributed by atoms with Crippen LogP contribution >= 0.6 is 0 Å². The summed E-state index contributed by atoms with van der Waals surface area (Å²) in [5.74, 6) is -0.544. The van der Waals surface area contributed by atoms with Crippen molar-refractivity contribution >= 4 is 11.6 Å². The molecule has 1 N–H and O–H groups in total. The first-order valence-electron chi connectivity index (χ1n) is 7.23. The fourth-order valence-electron chi connectivity index (χ4n) is 2.27. The van der Waals surface area contributed by atoms with Crippen molar-refractivity contribution in [3.63, 3.8) is 0 Å². The zero-order valence-electron chi connectivity index (χ0n) is 13.5. The van der Waals surface area contributed by atoms with E-state index in [0.717, 1.165) is 16.7 Å². The maximum absolute atomic E-state index is 12.9. The normalized spacial score (nSPS) is 12.1. The van der Waals surface area contributed by atoms with Crippen molar-refractivity contribution < 1.29 is 27.4 Å². The van der Waals surface area contributed by atoms with Gasteiger partial charge in [-0.3, -0.25) is 9.20 Å². The average molecular weight is 345 g/mol. The van der Waals surface area contributed by atoms with Crippen molar-refractivity contribution in [1.29, 1.82) is 0 Å². The lowest BCUT2D eigenvalue weighted by Gasteiger charge is -2.14. The molecule has 2 heterocycles. The smallest absolute Gasteiger partial charge is 0.354 e. The number of hydrogen-bond donors (Lipinski definition) is 1. The van der Waals surface area contributed by atoms with Crippen LogP contribution in [0.4, 0.5) is 13.2 Å². The molecule has 0 atom stereocenters. The van der Waals surface area contributed by atoms with E-state index in [1.807, 2.05) is 0 Å². The third kappa shape index (κ3) is 3.68. The van der Waals surface area contributed by atoms with E-state index in [4.69, 9.17) is 9.47 Å². The quantitative estimate of drug-likeness (QED) is 0.816. The fraction of sp³-hybridized carbons (Fsp3) is 0.467. The van der Waals surface area contributed by atoms with E-state index in [2.05, 4.69) is 10.3 Å². The van der Waals surface area contributed by atoms with Gasteiger partial charge in [-0.25, -0.2) is 4.98 Å². The van der Waals surface area contributed by atoms with Gasteiger partial charge in [0.25, 0.3) is 5.91 Å². The van der Waals surface area contributed by atoms with E-state index in [9.17, 15) is 18.0 Å². The highest BCUT2D eigenvalue weighted by Crippen LogP contribution is 2.29. The molecule has 2 aromatic rings. The number of amides is 1. The number of alkyl halides is 3. The molecule has 0 saturated heterocycles. The van der Waals surface area contributed by atoms with Crippen LogP contribution in [0.15, 0.2) is 18.3 Å². The molecule has 1 amide bonds. The number of hydrogen-bond acceptors (Lipinski definition) is 4. The van der Waals surface area contributed by atoms with Gasteiger partial charge in [-0.1, -0.05) is 6.92 Å². The van der Waals surface area contributed by atoms with Crippen molar-refractivity contribution in [3.05, 3.63) is 35.3 Å². The van der Waals surface area contributed by atoms with E-state index in [0.29, 0.717) is 12.1 Å². The monoisotopic (exact) mass is 345 g/mol. The van der Waals surface area contributed by atoms with Crippen molar-refractivity contribution in [3.8, 4) is 0 Å². The minimum Gasteiger partial charge on any atom is -0.354 e. The predicted octanol–water partition coefficient (Wildman–Crippen LogP) is 2.26. The first-order chi connectivity index (χ1) is 11.3. The molecule has 0 aliphatic heterocycles.